The Bertz CT molecular complexity index is 1600. The molecule has 7 nitrogen and oxygen atoms in total. The number of ether oxygens (including phenoxy) is 7. The van der Waals surface area contributed by atoms with E-state index in [9.17, 15) is 0 Å². The van der Waals surface area contributed by atoms with Gasteiger partial charge in [-0.25, -0.2) is 0 Å². The highest BCUT2D eigenvalue weighted by atomic mass is 32.2. The van der Waals surface area contributed by atoms with E-state index in [-0.39, 0.29) is 17.1 Å². The van der Waals surface area contributed by atoms with Crippen molar-refractivity contribution in [2.45, 2.75) is 29.8 Å². The standard InChI is InChI=1S/C36H40O7S/c1-21-9-10-22(13-30(21)41-6)20-44-36-28-18-27(39-4)19-32(43-8)35(28)33(23-11-12-29(40-5)31(16-23)42-7)34(36)24-14-25(37-2)17-26(15-24)38-3/h9-19,33-34,36H,20H2,1-8H3/t33-,34-,36?/m0/s1. The fourth-order valence-electron chi connectivity index (χ4n) is 6.17. The number of rotatable bonds is 12. The predicted molar refractivity (Wildman–Crippen MR) is 175 cm³/mol. The summed E-state index contributed by atoms with van der Waals surface area (Å²) in [6, 6.07) is 22.8. The van der Waals surface area contributed by atoms with Crippen LogP contribution < -0.4 is 33.2 Å². The highest BCUT2D eigenvalue weighted by Gasteiger charge is 2.45. The van der Waals surface area contributed by atoms with Crippen LogP contribution >= 0.6 is 11.8 Å². The number of thioether (sulfide) groups is 1. The van der Waals surface area contributed by atoms with Gasteiger partial charge in [0.15, 0.2) is 11.5 Å². The maximum absolute atomic E-state index is 6.07. The zero-order valence-corrected chi connectivity index (χ0v) is 27.4. The Morgan fingerprint density at radius 1 is 0.545 bits per heavy atom. The molecule has 8 heteroatoms. The fourth-order valence-corrected chi connectivity index (χ4v) is 7.62. The molecule has 0 aromatic heterocycles. The molecule has 0 bridgehead atoms. The highest BCUT2D eigenvalue weighted by molar-refractivity contribution is 7.98. The molecule has 44 heavy (non-hydrogen) atoms. The average Bonchev–Trinajstić information content (AvgIpc) is 3.40. The van der Waals surface area contributed by atoms with Crippen LogP contribution in [-0.2, 0) is 5.75 Å². The Morgan fingerprint density at radius 3 is 1.80 bits per heavy atom. The van der Waals surface area contributed by atoms with E-state index in [1.807, 2.05) is 30.0 Å². The Hall–Kier alpha value is -4.17. The van der Waals surface area contributed by atoms with Crippen molar-refractivity contribution in [2.75, 3.05) is 49.8 Å². The van der Waals surface area contributed by atoms with Crippen LogP contribution in [0.5, 0.6) is 40.2 Å². The van der Waals surface area contributed by atoms with Crippen LogP contribution in [0.1, 0.15) is 50.5 Å². The summed E-state index contributed by atoms with van der Waals surface area (Å²) in [6.45, 7) is 2.06. The van der Waals surface area contributed by atoms with Crippen molar-refractivity contribution >= 4 is 11.8 Å². The quantitative estimate of drug-likeness (QED) is 0.159. The van der Waals surface area contributed by atoms with E-state index in [1.165, 1.54) is 5.56 Å². The van der Waals surface area contributed by atoms with Gasteiger partial charge in [-0.1, -0.05) is 18.2 Å². The van der Waals surface area contributed by atoms with Crippen molar-refractivity contribution in [3.05, 3.63) is 100 Å². The molecule has 4 aromatic carbocycles. The van der Waals surface area contributed by atoms with Crippen LogP contribution in [0.2, 0.25) is 0 Å². The van der Waals surface area contributed by atoms with Crippen LogP contribution in [0.15, 0.2) is 66.7 Å². The van der Waals surface area contributed by atoms with E-state index in [1.54, 1.807) is 49.8 Å². The maximum atomic E-state index is 6.07. The normalized spacial score (nSPS) is 17.0. The van der Waals surface area contributed by atoms with Crippen LogP contribution in [0.25, 0.3) is 0 Å². The third kappa shape index (κ3) is 5.95. The zero-order chi connectivity index (χ0) is 31.4. The van der Waals surface area contributed by atoms with E-state index >= 15 is 0 Å². The topological polar surface area (TPSA) is 64.6 Å². The summed E-state index contributed by atoms with van der Waals surface area (Å²) in [4.78, 5) is 0. The molecule has 0 N–H and O–H groups in total. The molecule has 1 aliphatic carbocycles. The Balaban J connectivity index is 1.74. The minimum absolute atomic E-state index is 0.0227. The first kappa shape index (κ1) is 31.3. The summed E-state index contributed by atoms with van der Waals surface area (Å²) < 4.78 is 40.3. The van der Waals surface area contributed by atoms with Gasteiger partial charge in [-0.2, -0.15) is 0 Å². The number of fused-ring (bicyclic) bond motifs is 1. The van der Waals surface area contributed by atoms with Crippen LogP contribution in [0.3, 0.4) is 0 Å². The average molecular weight is 617 g/mol. The second-order valence-electron chi connectivity index (χ2n) is 10.6. The number of hydrogen-bond donors (Lipinski definition) is 0. The first-order valence-electron chi connectivity index (χ1n) is 14.3. The van der Waals surface area contributed by atoms with Crippen LogP contribution in [-0.4, -0.2) is 49.8 Å². The molecule has 0 amide bonds. The number of aryl methyl sites for hydroxylation is 1. The molecule has 0 radical (unpaired) electrons. The zero-order valence-electron chi connectivity index (χ0n) is 26.6. The van der Waals surface area contributed by atoms with Gasteiger partial charge in [-0.05, 0) is 71.1 Å². The Kier molecular flexibility index (Phi) is 9.69. The molecule has 0 heterocycles. The summed E-state index contributed by atoms with van der Waals surface area (Å²) >= 11 is 1.88. The van der Waals surface area contributed by atoms with E-state index in [2.05, 4.69) is 55.5 Å². The number of hydrogen-bond acceptors (Lipinski definition) is 8. The van der Waals surface area contributed by atoms with Crippen molar-refractivity contribution in [3.63, 3.8) is 0 Å². The molecule has 0 saturated heterocycles. The lowest BCUT2D eigenvalue weighted by Gasteiger charge is -2.28. The highest BCUT2D eigenvalue weighted by Crippen LogP contribution is 2.63. The molecule has 232 valence electrons. The van der Waals surface area contributed by atoms with Gasteiger partial charge in [-0.3, -0.25) is 0 Å². The summed E-state index contributed by atoms with van der Waals surface area (Å²) in [7, 11) is 11.8. The maximum Gasteiger partial charge on any atom is 0.161 e. The smallest absolute Gasteiger partial charge is 0.161 e. The second kappa shape index (κ2) is 13.6. The van der Waals surface area contributed by atoms with Crippen LogP contribution in [0, 0.1) is 6.92 Å². The summed E-state index contributed by atoms with van der Waals surface area (Å²) in [5.74, 6) is 5.89. The molecular weight excluding hydrogens is 576 g/mol. The molecule has 5 rings (SSSR count). The molecule has 0 spiro atoms. The van der Waals surface area contributed by atoms with Gasteiger partial charge >= 0.3 is 0 Å². The van der Waals surface area contributed by atoms with Gasteiger partial charge in [0.1, 0.15) is 28.7 Å². The van der Waals surface area contributed by atoms with Crippen molar-refractivity contribution in [3.8, 4) is 40.2 Å². The summed E-state index contributed by atoms with van der Waals surface area (Å²) in [5, 5.41) is 0.0243. The molecule has 1 unspecified atom stereocenters. The van der Waals surface area contributed by atoms with Gasteiger partial charge in [0.25, 0.3) is 0 Å². The van der Waals surface area contributed by atoms with E-state index < -0.39 is 0 Å². The van der Waals surface area contributed by atoms with Gasteiger partial charge in [-0.15, -0.1) is 11.8 Å². The molecule has 0 fully saturated rings. The second-order valence-corrected chi connectivity index (χ2v) is 11.8. The Morgan fingerprint density at radius 2 is 1.18 bits per heavy atom. The summed E-state index contributed by atoms with van der Waals surface area (Å²) in [5.41, 5.74) is 6.75. The van der Waals surface area contributed by atoms with Gasteiger partial charge in [0.05, 0.1) is 49.8 Å². The lowest BCUT2D eigenvalue weighted by atomic mass is 9.81. The first-order valence-corrected chi connectivity index (χ1v) is 15.4. The largest absolute Gasteiger partial charge is 0.497 e. The SMILES string of the molecule is COc1cc(OC)cc([C@@H]2C(SCc3ccc(C)c(OC)c3)c3cc(OC)cc(OC)c3[C@H]2c2ccc(OC)c(OC)c2)c1. The van der Waals surface area contributed by atoms with Gasteiger partial charge in [0.2, 0.25) is 0 Å². The van der Waals surface area contributed by atoms with Crippen LogP contribution in [0.4, 0.5) is 0 Å². The first-order chi connectivity index (χ1) is 21.4. The molecular formula is C36H40O7S. The Labute approximate surface area is 264 Å². The van der Waals surface area contributed by atoms with E-state index in [0.29, 0.717) is 11.5 Å². The molecule has 1 aliphatic rings. The predicted octanol–water partition coefficient (Wildman–Crippen LogP) is 7.96. The van der Waals surface area contributed by atoms with Crippen molar-refractivity contribution in [1.29, 1.82) is 0 Å². The van der Waals surface area contributed by atoms with E-state index in [4.69, 9.17) is 33.2 Å². The lowest BCUT2D eigenvalue weighted by molar-refractivity contribution is 0.354. The molecule has 0 saturated carbocycles. The number of methoxy groups -OCH3 is 7. The third-order valence-electron chi connectivity index (χ3n) is 8.33. The van der Waals surface area contributed by atoms with Crippen molar-refractivity contribution < 1.29 is 33.2 Å². The number of benzene rings is 4. The molecule has 0 aliphatic heterocycles. The van der Waals surface area contributed by atoms with Gasteiger partial charge in [0, 0.05) is 40.5 Å². The van der Waals surface area contributed by atoms with Gasteiger partial charge < -0.3 is 33.2 Å². The van der Waals surface area contributed by atoms with E-state index in [0.717, 1.165) is 62.3 Å². The van der Waals surface area contributed by atoms with Crippen molar-refractivity contribution in [2.24, 2.45) is 0 Å². The molecule has 4 aromatic rings. The monoisotopic (exact) mass is 616 g/mol. The minimum Gasteiger partial charge on any atom is -0.497 e. The lowest BCUT2D eigenvalue weighted by Crippen LogP contribution is -2.12. The minimum atomic E-state index is -0.0903. The summed E-state index contributed by atoms with van der Waals surface area (Å²) in [6.07, 6.45) is 0. The van der Waals surface area contributed by atoms with Crippen molar-refractivity contribution in [1.82, 2.24) is 0 Å². The third-order valence-corrected chi connectivity index (χ3v) is 9.74. The fraction of sp³-hybridized carbons (Fsp3) is 0.333. The molecule has 3 atom stereocenters.